The quantitative estimate of drug-likeness (QED) is 0.612. The van der Waals surface area contributed by atoms with E-state index < -0.39 is 9.84 Å². The Morgan fingerprint density at radius 1 is 1.12 bits per heavy atom. The normalized spacial score (nSPS) is 12.4. The van der Waals surface area contributed by atoms with E-state index in [1.165, 1.54) is 11.8 Å². The first-order valence-corrected chi connectivity index (χ1v) is 10.2. The summed E-state index contributed by atoms with van der Waals surface area (Å²) in [5.74, 6) is 0.737. The molecule has 0 spiro atoms. The molecule has 0 radical (unpaired) electrons. The SMILES string of the molecule is CC(C)c1cccc(NC(N)=NCc2ccccc2CS(C)(=O)=O)c1. The van der Waals surface area contributed by atoms with E-state index in [0.717, 1.165) is 16.8 Å². The van der Waals surface area contributed by atoms with E-state index in [9.17, 15) is 8.42 Å². The van der Waals surface area contributed by atoms with Gasteiger partial charge in [-0.15, -0.1) is 0 Å². The third kappa shape index (κ3) is 6.23. The highest BCUT2D eigenvalue weighted by Crippen LogP contribution is 2.18. The Bertz CT molecular complexity index is 858. The molecule has 0 unspecified atom stereocenters. The number of aliphatic imine (C=N–C) groups is 1. The second-order valence-electron chi connectivity index (χ2n) is 6.45. The van der Waals surface area contributed by atoms with Crippen LogP contribution in [0.2, 0.25) is 0 Å². The van der Waals surface area contributed by atoms with Gasteiger partial charge in [0.15, 0.2) is 15.8 Å². The molecule has 5 nitrogen and oxygen atoms in total. The fourth-order valence-electron chi connectivity index (χ4n) is 2.47. The third-order valence-electron chi connectivity index (χ3n) is 3.78. The maximum absolute atomic E-state index is 11.5. The van der Waals surface area contributed by atoms with Crippen LogP contribution in [-0.2, 0) is 22.1 Å². The van der Waals surface area contributed by atoms with Crippen LogP contribution < -0.4 is 11.1 Å². The first-order chi connectivity index (χ1) is 11.7. The minimum atomic E-state index is -3.10. The number of hydrogen-bond acceptors (Lipinski definition) is 3. The Kier molecular flexibility index (Phi) is 6.20. The van der Waals surface area contributed by atoms with Crippen LogP contribution in [0, 0.1) is 0 Å². The highest BCUT2D eigenvalue weighted by molar-refractivity contribution is 7.89. The first-order valence-electron chi connectivity index (χ1n) is 8.16. The summed E-state index contributed by atoms with van der Waals surface area (Å²) in [5, 5.41) is 3.08. The molecule has 0 aromatic heterocycles. The number of nitrogens with one attached hydrogen (secondary N) is 1. The maximum Gasteiger partial charge on any atom is 0.193 e. The molecule has 0 aliphatic rings. The lowest BCUT2D eigenvalue weighted by Gasteiger charge is -2.10. The lowest BCUT2D eigenvalue weighted by atomic mass is 10.0. The standard InChI is InChI=1S/C19H25N3O2S/c1-14(2)15-9-6-10-18(11-15)22-19(20)21-12-16-7-4-5-8-17(16)13-25(3,23)24/h4-11,14H,12-13H2,1-3H3,(H3,20,21,22). The highest BCUT2D eigenvalue weighted by atomic mass is 32.2. The van der Waals surface area contributed by atoms with E-state index in [4.69, 9.17) is 5.73 Å². The van der Waals surface area contributed by atoms with Crippen LogP contribution in [0.3, 0.4) is 0 Å². The fourth-order valence-corrected chi connectivity index (χ4v) is 3.31. The topological polar surface area (TPSA) is 84.5 Å². The van der Waals surface area contributed by atoms with Crippen molar-refractivity contribution in [3.05, 3.63) is 65.2 Å². The van der Waals surface area contributed by atoms with Crippen molar-refractivity contribution in [3.8, 4) is 0 Å². The predicted molar refractivity (Wildman–Crippen MR) is 104 cm³/mol. The van der Waals surface area contributed by atoms with Crippen LogP contribution >= 0.6 is 0 Å². The summed E-state index contributed by atoms with van der Waals surface area (Å²) in [5.41, 5.74) is 9.69. The molecule has 0 aliphatic carbocycles. The average molecular weight is 359 g/mol. The van der Waals surface area contributed by atoms with Gasteiger partial charge in [-0.2, -0.15) is 0 Å². The molecule has 0 saturated carbocycles. The van der Waals surface area contributed by atoms with Crippen molar-refractivity contribution in [1.29, 1.82) is 0 Å². The van der Waals surface area contributed by atoms with Crippen molar-refractivity contribution in [1.82, 2.24) is 0 Å². The zero-order valence-corrected chi connectivity index (χ0v) is 15.7. The number of hydrogen-bond donors (Lipinski definition) is 2. The minimum absolute atomic E-state index is 0.00244. The minimum Gasteiger partial charge on any atom is -0.370 e. The summed E-state index contributed by atoms with van der Waals surface area (Å²) in [6, 6.07) is 15.4. The van der Waals surface area contributed by atoms with Crippen molar-refractivity contribution < 1.29 is 8.42 Å². The van der Waals surface area contributed by atoms with E-state index in [2.05, 4.69) is 30.2 Å². The summed E-state index contributed by atoms with van der Waals surface area (Å²) in [6.45, 7) is 4.60. The molecule has 0 fully saturated rings. The molecule has 6 heteroatoms. The number of sulfone groups is 1. The number of nitrogens with two attached hydrogens (primary N) is 1. The van der Waals surface area contributed by atoms with Gasteiger partial charge in [0.1, 0.15) is 0 Å². The Morgan fingerprint density at radius 3 is 2.44 bits per heavy atom. The van der Waals surface area contributed by atoms with Crippen LogP contribution in [0.5, 0.6) is 0 Å². The Balaban J connectivity index is 2.10. The lowest BCUT2D eigenvalue weighted by molar-refractivity contribution is 0.601. The van der Waals surface area contributed by atoms with E-state index >= 15 is 0 Å². The van der Waals surface area contributed by atoms with E-state index in [1.54, 1.807) is 0 Å². The molecular formula is C19H25N3O2S. The summed E-state index contributed by atoms with van der Waals surface area (Å²) in [4.78, 5) is 4.34. The number of rotatable bonds is 6. The number of guanidine groups is 1. The molecule has 3 N–H and O–H groups in total. The molecule has 0 aliphatic heterocycles. The van der Waals surface area contributed by atoms with Crippen molar-refractivity contribution >= 4 is 21.5 Å². The first kappa shape index (κ1) is 19.0. The Labute approximate surface area is 149 Å². The van der Waals surface area contributed by atoms with Crippen molar-refractivity contribution in [2.24, 2.45) is 10.7 Å². The third-order valence-corrected chi connectivity index (χ3v) is 4.62. The molecule has 2 aromatic carbocycles. The highest BCUT2D eigenvalue weighted by Gasteiger charge is 2.09. The zero-order chi connectivity index (χ0) is 18.4. The molecular weight excluding hydrogens is 334 g/mol. The summed E-state index contributed by atoms with van der Waals surface area (Å²) < 4.78 is 23.1. The van der Waals surface area contributed by atoms with Crippen LogP contribution in [0.15, 0.2) is 53.5 Å². The predicted octanol–water partition coefficient (Wildman–Crippen LogP) is 3.28. The van der Waals surface area contributed by atoms with Gasteiger partial charge in [-0.1, -0.05) is 50.2 Å². The fraction of sp³-hybridized carbons (Fsp3) is 0.316. The molecule has 2 rings (SSSR count). The van der Waals surface area contributed by atoms with Gasteiger partial charge in [-0.25, -0.2) is 13.4 Å². The van der Waals surface area contributed by atoms with Crippen molar-refractivity contribution in [3.63, 3.8) is 0 Å². The number of benzene rings is 2. The van der Waals surface area contributed by atoms with Crippen molar-refractivity contribution in [2.75, 3.05) is 11.6 Å². The van der Waals surface area contributed by atoms with Gasteiger partial charge in [0.05, 0.1) is 12.3 Å². The van der Waals surface area contributed by atoms with E-state index in [-0.39, 0.29) is 5.75 Å². The second kappa shape index (κ2) is 8.16. The monoisotopic (exact) mass is 359 g/mol. The molecule has 25 heavy (non-hydrogen) atoms. The molecule has 134 valence electrons. The van der Waals surface area contributed by atoms with Gasteiger partial charge in [-0.05, 0) is 34.7 Å². The van der Waals surface area contributed by atoms with Crippen LogP contribution in [-0.4, -0.2) is 20.6 Å². The second-order valence-corrected chi connectivity index (χ2v) is 8.59. The summed E-state index contributed by atoms with van der Waals surface area (Å²) in [6.07, 6.45) is 1.23. The van der Waals surface area contributed by atoms with Gasteiger partial charge in [-0.3, -0.25) is 0 Å². The van der Waals surface area contributed by atoms with Crippen LogP contribution in [0.4, 0.5) is 5.69 Å². The molecule has 0 atom stereocenters. The van der Waals surface area contributed by atoms with Gasteiger partial charge in [0, 0.05) is 11.9 Å². The maximum atomic E-state index is 11.5. The molecule has 0 saturated heterocycles. The molecule has 0 bridgehead atoms. The van der Waals surface area contributed by atoms with Crippen molar-refractivity contribution in [2.45, 2.75) is 32.1 Å². The van der Waals surface area contributed by atoms with Gasteiger partial charge in [0.25, 0.3) is 0 Å². The zero-order valence-electron chi connectivity index (χ0n) is 14.9. The lowest BCUT2D eigenvalue weighted by Crippen LogP contribution is -2.22. The number of nitrogens with zero attached hydrogens (tertiary/aromatic N) is 1. The molecule has 0 heterocycles. The Hall–Kier alpha value is -2.34. The molecule has 2 aromatic rings. The van der Waals surface area contributed by atoms with E-state index in [0.29, 0.717) is 18.4 Å². The van der Waals surface area contributed by atoms with Gasteiger partial charge >= 0.3 is 0 Å². The van der Waals surface area contributed by atoms with Gasteiger partial charge in [0.2, 0.25) is 0 Å². The molecule has 0 amide bonds. The van der Waals surface area contributed by atoms with Crippen LogP contribution in [0.25, 0.3) is 0 Å². The average Bonchev–Trinajstić information content (AvgIpc) is 2.53. The summed E-state index contributed by atoms with van der Waals surface area (Å²) >= 11 is 0. The summed E-state index contributed by atoms with van der Waals surface area (Å²) in [7, 11) is -3.10. The van der Waals surface area contributed by atoms with E-state index in [1.807, 2.05) is 42.5 Å². The van der Waals surface area contributed by atoms with Crippen LogP contribution in [0.1, 0.15) is 36.5 Å². The Morgan fingerprint density at radius 2 is 1.80 bits per heavy atom. The smallest absolute Gasteiger partial charge is 0.193 e. The van der Waals surface area contributed by atoms with Gasteiger partial charge < -0.3 is 11.1 Å². The number of anilines is 1. The largest absolute Gasteiger partial charge is 0.370 e.